The van der Waals surface area contributed by atoms with Crippen LogP contribution >= 0.6 is 0 Å². The number of alkyl halides is 3. The van der Waals surface area contributed by atoms with Crippen molar-refractivity contribution in [2.45, 2.75) is 44.1 Å². The molecule has 33 heavy (non-hydrogen) atoms. The lowest BCUT2D eigenvalue weighted by atomic mass is 9.89. The minimum absolute atomic E-state index is 0.0259. The molecule has 2 aromatic heterocycles. The quantitative estimate of drug-likeness (QED) is 0.739. The van der Waals surface area contributed by atoms with Gasteiger partial charge in [-0.1, -0.05) is 6.07 Å². The van der Waals surface area contributed by atoms with E-state index in [0.29, 0.717) is 24.6 Å². The Kier molecular flexibility index (Phi) is 7.52. The SMILES string of the molecule is Cc1cncc(C(=O)N2CCC[C@]3(C[C@@H](Oc4ccccn4)CO3)C2)c1.O=C(O)C(F)(F)F. The van der Waals surface area contributed by atoms with Crippen LogP contribution in [0, 0.1) is 6.92 Å². The van der Waals surface area contributed by atoms with E-state index in [2.05, 4.69) is 9.97 Å². The molecule has 0 unspecified atom stereocenters. The first-order valence-electron chi connectivity index (χ1n) is 10.3. The molecule has 2 aliphatic heterocycles. The standard InChI is InChI=1S/C20H23N3O3.C2HF3O2/c1-15-9-16(12-21-11-15)19(24)23-8-4-6-20(14-23)10-17(13-25-20)26-18-5-2-3-7-22-18;3-2(4,5)1(6)7/h2-3,5,7,9,11-12,17H,4,6,8,10,13-14H2,1H3;(H,6,7)/t17-,20+;/m1./s1. The first-order chi connectivity index (χ1) is 15.6. The zero-order valence-corrected chi connectivity index (χ0v) is 17.9. The highest BCUT2D eigenvalue weighted by Gasteiger charge is 2.45. The zero-order valence-electron chi connectivity index (χ0n) is 17.9. The monoisotopic (exact) mass is 467 g/mol. The van der Waals surface area contributed by atoms with Gasteiger partial charge in [0.15, 0.2) is 0 Å². The highest BCUT2D eigenvalue weighted by atomic mass is 19.4. The molecular formula is C22H24F3N3O5. The molecule has 1 amide bonds. The Balaban J connectivity index is 0.000000383. The summed E-state index contributed by atoms with van der Waals surface area (Å²) in [5.74, 6) is -2.11. The second-order valence-electron chi connectivity index (χ2n) is 7.99. The van der Waals surface area contributed by atoms with Gasteiger partial charge >= 0.3 is 12.1 Å². The molecular weight excluding hydrogens is 443 g/mol. The fourth-order valence-corrected chi connectivity index (χ4v) is 3.88. The molecule has 8 nitrogen and oxygen atoms in total. The minimum Gasteiger partial charge on any atom is -0.475 e. The minimum atomic E-state index is -5.08. The van der Waals surface area contributed by atoms with Crippen molar-refractivity contribution in [3.8, 4) is 5.88 Å². The fourth-order valence-electron chi connectivity index (χ4n) is 3.88. The van der Waals surface area contributed by atoms with Crippen LogP contribution in [-0.4, -0.2) is 69.4 Å². The predicted octanol–water partition coefficient (Wildman–Crippen LogP) is 3.26. The number of aryl methyl sites for hydroxylation is 1. The molecule has 0 bridgehead atoms. The normalized spacial score (nSPS) is 22.4. The van der Waals surface area contributed by atoms with Gasteiger partial charge in [0.05, 0.1) is 24.3 Å². The van der Waals surface area contributed by atoms with Gasteiger partial charge in [0.25, 0.3) is 5.91 Å². The molecule has 4 heterocycles. The van der Waals surface area contributed by atoms with Crippen LogP contribution in [0.3, 0.4) is 0 Å². The fraction of sp³-hybridized carbons (Fsp3) is 0.455. The summed E-state index contributed by atoms with van der Waals surface area (Å²) < 4.78 is 43.8. The highest BCUT2D eigenvalue weighted by Crippen LogP contribution is 2.36. The molecule has 0 aliphatic carbocycles. The van der Waals surface area contributed by atoms with E-state index in [1.807, 2.05) is 36.1 Å². The summed E-state index contributed by atoms with van der Waals surface area (Å²) in [4.78, 5) is 32.0. The number of pyridine rings is 2. The molecule has 0 radical (unpaired) electrons. The largest absolute Gasteiger partial charge is 0.490 e. The van der Waals surface area contributed by atoms with Crippen molar-refractivity contribution >= 4 is 11.9 Å². The van der Waals surface area contributed by atoms with Crippen molar-refractivity contribution in [2.24, 2.45) is 0 Å². The molecule has 11 heteroatoms. The summed E-state index contributed by atoms with van der Waals surface area (Å²) in [7, 11) is 0. The number of hydrogen-bond acceptors (Lipinski definition) is 6. The van der Waals surface area contributed by atoms with Crippen LogP contribution < -0.4 is 4.74 Å². The Morgan fingerprint density at radius 2 is 2.06 bits per heavy atom. The number of carboxylic acid groups (broad SMARTS) is 1. The van der Waals surface area contributed by atoms with Crippen molar-refractivity contribution < 1.29 is 37.3 Å². The number of rotatable bonds is 3. The van der Waals surface area contributed by atoms with Crippen LogP contribution in [-0.2, 0) is 9.53 Å². The number of aliphatic carboxylic acids is 1. The summed E-state index contributed by atoms with van der Waals surface area (Å²) in [5, 5.41) is 7.12. The Labute approximate surface area is 188 Å². The number of amides is 1. The molecule has 178 valence electrons. The molecule has 2 aliphatic rings. The van der Waals surface area contributed by atoms with E-state index in [1.165, 1.54) is 0 Å². The molecule has 0 saturated carbocycles. The number of nitrogens with zero attached hydrogens (tertiary/aromatic N) is 3. The lowest BCUT2D eigenvalue weighted by Crippen LogP contribution is -2.50. The highest BCUT2D eigenvalue weighted by molar-refractivity contribution is 5.94. The van der Waals surface area contributed by atoms with Gasteiger partial charge in [-0.15, -0.1) is 0 Å². The molecule has 2 fully saturated rings. The molecule has 1 spiro atoms. The lowest BCUT2D eigenvalue weighted by Gasteiger charge is -2.39. The number of hydrogen-bond donors (Lipinski definition) is 1. The summed E-state index contributed by atoms with van der Waals surface area (Å²) in [5.41, 5.74) is 1.31. The van der Waals surface area contributed by atoms with Crippen molar-refractivity contribution in [1.29, 1.82) is 0 Å². The molecule has 1 N–H and O–H groups in total. The van der Waals surface area contributed by atoms with E-state index in [0.717, 1.165) is 31.4 Å². The summed E-state index contributed by atoms with van der Waals surface area (Å²) in [6, 6.07) is 7.51. The van der Waals surface area contributed by atoms with Crippen LogP contribution in [0.25, 0.3) is 0 Å². The number of likely N-dealkylation sites (tertiary alicyclic amines) is 1. The first-order valence-corrected chi connectivity index (χ1v) is 10.3. The second kappa shape index (κ2) is 10.2. The molecule has 4 rings (SSSR count). The Hall–Kier alpha value is -3.21. The zero-order chi connectivity index (χ0) is 24.1. The van der Waals surface area contributed by atoms with Gasteiger partial charge in [0.1, 0.15) is 6.10 Å². The van der Waals surface area contributed by atoms with Crippen LogP contribution in [0.15, 0.2) is 42.9 Å². The summed E-state index contributed by atoms with van der Waals surface area (Å²) in [6.07, 6.45) is 2.66. The number of halogens is 3. The van der Waals surface area contributed by atoms with E-state index in [9.17, 15) is 18.0 Å². The van der Waals surface area contributed by atoms with Gasteiger partial charge in [-0.3, -0.25) is 9.78 Å². The first kappa shape index (κ1) is 24.4. The average Bonchev–Trinajstić information content (AvgIpc) is 3.15. The number of ether oxygens (including phenoxy) is 2. The van der Waals surface area contributed by atoms with Gasteiger partial charge in [0.2, 0.25) is 5.88 Å². The van der Waals surface area contributed by atoms with Crippen molar-refractivity contribution in [3.63, 3.8) is 0 Å². The summed E-state index contributed by atoms with van der Waals surface area (Å²) >= 11 is 0. The number of aromatic nitrogens is 2. The van der Waals surface area contributed by atoms with Crippen molar-refractivity contribution in [1.82, 2.24) is 14.9 Å². The van der Waals surface area contributed by atoms with E-state index in [4.69, 9.17) is 19.4 Å². The number of carboxylic acids is 1. The molecule has 2 aromatic rings. The van der Waals surface area contributed by atoms with Crippen LogP contribution in [0.2, 0.25) is 0 Å². The topological polar surface area (TPSA) is 102 Å². The van der Waals surface area contributed by atoms with Gasteiger partial charge < -0.3 is 19.5 Å². The Morgan fingerprint density at radius 3 is 2.70 bits per heavy atom. The third-order valence-electron chi connectivity index (χ3n) is 5.29. The maximum Gasteiger partial charge on any atom is 0.490 e. The smallest absolute Gasteiger partial charge is 0.475 e. The average molecular weight is 467 g/mol. The van der Waals surface area contributed by atoms with E-state index in [1.54, 1.807) is 18.6 Å². The second-order valence-corrected chi connectivity index (χ2v) is 7.99. The van der Waals surface area contributed by atoms with Gasteiger partial charge in [-0.05, 0) is 37.5 Å². The van der Waals surface area contributed by atoms with E-state index < -0.39 is 12.1 Å². The number of piperidine rings is 1. The maximum atomic E-state index is 12.9. The maximum absolute atomic E-state index is 12.9. The van der Waals surface area contributed by atoms with Gasteiger partial charge in [0, 0.05) is 37.6 Å². The van der Waals surface area contributed by atoms with Crippen molar-refractivity contribution in [3.05, 3.63) is 54.0 Å². The van der Waals surface area contributed by atoms with Crippen molar-refractivity contribution in [2.75, 3.05) is 19.7 Å². The lowest BCUT2D eigenvalue weighted by molar-refractivity contribution is -0.192. The third kappa shape index (κ3) is 6.64. The van der Waals surface area contributed by atoms with Crippen LogP contribution in [0.4, 0.5) is 13.2 Å². The van der Waals surface area contributed by atoms with Crippen LogP contribution in [0.1, 0.15) is 35.2 Å². The number of carbonyl (C=O) groups excluding carboxylic acids is 1. The van der Waals surface area contributed by atoms with Gasteiger partial charge in [-0.2, -0.15) is 13.2 Å². The Bertz CT molecular complexity index is 973. The molecule has 2 saturated heterocycles. The molecule has 2 atom stereocenters. The van der Waals surface area contributed by atoms with E-state index >= 15 is 0 Å². The summed E-state index contributed by atoms with van der Waals surface area (Å²) in [6.45, 7) is 3.83. The molecule has 0 aromatic carbocycles. The van der Waals surface area contributed by atoms with E-state index in [-0.39, 0.29) is 17.6 Å². The van der Waals surface area contributed by atoms with Crippen LogP contribution in [0.5, 0.6) is 5.88 Å². The third-order valence-corrected chi connectivity index (χ3v) is 5.29. The Morgan fingerprint density at radius 1 is 1.30 bits per heavy atom. The van der Waals surface area contributed by atoms with Gasteiger partial charge in [-0.25, -0.2) is 9.78 Å². The number of carbonyl (C=O) groups is 2. The predicted molar refractivity (Wildman–Crippen MR) is 110 cm³/mol.